The second kappa shape index (κ2) is 9.82. The number of hydrogen-bond donors (Lipinski definition) is 1. The minimum atomic E-state index is -0.876. The van der Waals surface area contributed by atoms with Gasteiger partial charge in [-0.1, -0.05) is 18.6 Å². The number of unbranched alkanes of at least 4 members (excludes halogenated alkanes) is 2. The second-order valence-electron chi connectivity index (χ2n) is 5.37. The van der Waals surface area contributed by atoms with E-state index in [1.54, 1.807) is 14.2 Å². The van der Waals surface area contributed by atoms with E-state index < -0.39 is 5.97 Å². The fourth-order valence-electron chi connectivity index (χ4n) is 2.15. The largest absolute Gasteiger partial charge is 0.497 e. The Morgan fingerprint density at radius 1 is 1.09 bits per heavy atom. The highest BCUT2D eigenvalue weighted by Crippen LogP contribution is 2.14. The normalized spacial score (nSPS) is 10.3. The van der Waals surface area contributed by atoms with E-state index >= 15 is 0 Å². The van der Waals surface area contributed by atoms with E-state index in [9.17, 15) is 9.59 Å². The molecule has 0 spiro atoms. The van der Waals surface area contributed by atoms with Gasteiger partial charge in [-0.05, 0) is 37.0 Å². The predicted octanol–water partition coefficient (Wildman–Crippen LogP) is 2.73. The van der Waals surface area contributed by atoms with E-state index in [2.05, 4.69) is 12.1 Å². The van der Waals surface area contributed by atoms with Crippen molar-refractivity contribution in [3.63, 3.8) is 0 Å². The zero-order valence-electron chi connectivity index (χ0n) is 13.4. The lowest BCUT2D eigenvalue weighted by Crippen LogP contribution is -2.28. The third-order valence-electron chi connectivity index (χ3n) is 3.60. The first-order valence-electron chi connectivity index (χ1n) is 7.61. The first kappa shape index (κ1) is 18.0. The third-order valence-corrected chi connectivity index (χ3v) is 3.60. The van der Waals surface area contributed by atoms with E-state index in [1.807, 2.05) is 12.1 Å². The number of amides is 1. The lowest BCUT2D eigenvalue weighted by molar-refractivity contribution is -0.138. The Labute approximate surface area is 131 Å². The summed E-state index contributed by atoms with van der Waals surface area (Å²) in [5.41, 5.74) is 1.27. The van der Waals surface area contributed by atoms with Gasteiger partial charge in [-0.3, -0.25) is 9.59 Å². The van der Waals surface area contributed by atoms with Crippen LogP contribution in [-0.4, -0.2) is 42.6 Å². The molecule has 0 aliphatic heterocycles. The van der Waals surface area contributed by atoms with Gasteiger partial charge >= 0.3 is 5.97 Å². The van der Waals surface area contributed by atoms with E-state index in [0.29, 0.717) is 6.42 Å². The molecule has 0 aliphatic rings. The van der Waals surface area contributed by atoms with Crippen LogP contribution in [0.2, 0.25) is 0 Å². The number of rotatable bonds is 10. The summed E-state index contributed by atoms with van der Waals surface area (Å²) in [5.74, 6) is 0.00332. The van der Waals surface area contributed by atoms with E-state index in [0.717, 1.165) is 31.4 Å². The molecule has 22 heavy (non-hydrogen) atoms. The Morgan fingerprint density at radius 2 is 1.77 bits per heavy atom. The number of carbonyl (C=O) groups excluding carboxylic acids is 1. The molecule has 0 saturated carbocycles. The fourth-order valence-corrected chi connectivity index (χ4v) is 2.15. The molecule has 0 bridgehead atoms. The Bertz CT molecular complexity index is 470. The number of benzene rings is 1. The molecule has 1 N–H and O–H groups in total. The Morgan fingerprint density at radius 3 is 2.36 bits per heavy atom. The van der Waals surface area contributed by atoms with Gasteiger partial charge in [0.1, 0.15) is 5.75 Å². The number of ether oxygens (including phenoxy) is 1. The van der Waals surface area contributed by atoms with Crippen molar-refractivity contribution < 1.29 is 19.4 Å². The van der Waals surface area contributed by atoms with Crippen molar-refractivity contribution in [1.82, 2.24) is 4.90 Å². The summed E-state index contributed by atoms with van der Waals surface area (Å²) in [7, 11) is 3.31. The first-order valence-corrected chi connectivity index (χ1v) is 7.61. The number of carboxylic acids is 1. The van der Waals surface area contributed by atoms with Crippen LogP contribution in [0.15, 0.2) is 24.3 Å². The number of hydrogen-bond acceptors (Lipinski definition) is 3. The molecule has 0 fully saturated rings. The molecule has 0 heterocycles. The topological polar surface area (TPSA) is 66.8 Å². The maximum atomic E-state index is 11.8. The van der Waals surface area contributed by atoms with Crippen molar-refractivity contribution in [1.29, 1.82) is 0 Å². The molecule has 1 rings (SSSR count). The lowest BCUT2D eigenvalue weighted by atomic mass is 10.1. The minimum Gasteiger partial charge on any atom is -0.497 e. The molecule has 1 amide bonds. The highest BCUT2D eigenvalue weighted by molar-refractivity contribution is 5.76. The number of aryl methyl sites for hydroxylation is 1. The summed E-state index contributed by atoms with van der Waals surface area (Å²) in [6.07, 6.45) is 4.35. The molecule has 0 aromatic heterocycles. The quantitative estimate of drug-likeness (QED) is 0.675. The second-order valence-corrected chi connectivity index (χ2v) is 5.37. The first-order chi connectivity index (χ1) is 10.5. The Kier molecular flexibility index (Phi) is 8.04. The fraction of sp³-hybridized carbons (Fsp3) is 0.529. The van der Waals surface area contributed by atoms with Crippen molar-refractivity contribution >= 4 is 11.9 Å². The lowest BCUT2D eigenvalue weighted by Gasteiger charge is -2.15. The van der Waals surface area contributed by atoms with Crippen molar-refractivity contribution in [2.24, 2.45) is 0 Å². The SMILES string of the molecule is COc1ccc(CCCCCC(=O)N(C)CCC(=O)O)cc1. The van der Waals surface area contributed by atoms with Crippen molar-refractivity contribution in [2.45, 2.75) is 38.5 Å². The molecular formula is C17H25NO4. The van der Waals surface area contributed by atoms with Crippen LogP contribution in [-0.2, 0) is 16.0 Å². The van der Waals surface area contributed by atoms with E-state index in [1.165, 1.54) is 10.5 Å². The van der Waals surface area contributed by atoms with Crippen LogP contribution in [0, 0.1) is 0 Å². The summed E-state index contributed by atoms with van der Waals surface area (Å²) >= 11 is 0. The molecule has 1 aromatic carbocycles. The number of nitrogens with zero attached hydrogens (tertiary/aromatic N) is 1. The van der Waals surface area contributed by atoms with Crippen LogP contribution in [0.3, 0.4) is 0 Å². The summed E-state index contributed by atoms with van der Waals surface area (Å²) in [6, 6.07) is 8.03. The molecular weight excluding hydrogens is 282 g/mol. The Hall–Kier alpha value is -2.04. The summed E-state index contributed by atoms with van der Waals surface area (Å²) in [5, 5.41) is 8.59. The molecule has 0 saturated heterocycles. The maximum Gasteiger partial charge on any atom is 0.305 e. The number of aliphatic carboxylic acids is 1. The van der Waals surface area contributed by atoms with Crippen LogP contribution in [0.25, 0.3) is 0 Å². The minimum absolute atomic E-state index is 0.000288. The van der Waals surface area contributed by atoms with Crippen molar-refractivity contribution in [3.8, 4) is 5.75 Å². The number of carboxylic acid groups (broad SMARTS) is 1. The maximum absolute atomic E-state index is 11.8. The van der Waals surface area contributed by atoms with Gasteiger partial charge in [0.15, 0.2) is 0 Å². The number of carbonyl (C=O) groups is 2. The monoisotopic (exact) mass is 307 g/mol. The molecule has 0 atom stereocenters. The van der Waals surface area contributed by atoms with Crippen LogP contribution in [0.4, 0.5) is 0 Å². The van der Waals surface area contributed by atoms with Gasteiger partial charge in [-0.2, -0.15) is 0 Å². The average Bonchev–Trinajstić information content (AvgIpc) is 2.52. The molecule has 122 valence electrons. The van der Waals surface area contributed by atoms with Gasteiger partial charge < -0.3 is 14.7 Å². The number of methoxy groups -OCH3 is 1. The molecule has 0 aliphatic carbocycles. The van der Waals surface area contributed by atoms with Crippen LogP contribution in [0.5, 0.6) is 5.75 Å². The smallest absolute Gasteiger partial charge is 0.305 e. The summed E-state index contributed by atoms with van der Waals surface area (Å²) in [6.45, 7) is 0.278. The third kappa shape index (κ3) is 7.11. The Balaban J connectivity index is 2.13. The van der Waals surface area contributed by atoms with Crippen molar-refractivity contribution in [3.05, 3.63) is 29.8 Å². The zero-order chi connectivity index (χ0) is 16.4. The van der Waals surface area contributed by atoms with Gasteiger partial charge in [0, 0.05) is 20.0 Å². The van der Waals surface area contributed by atoms with Gasteiger partial charge in [-0.15, -0.1) is 0 Å². The zero-order valence-corrected chi connectivity index (χ0v) is 13.4. The molecule has 1 aromatic rings. The molecule has 5 nitrogen and oxygen atoms in total. The van der Waals surface area contributed by atoms with Gasteiger partial charge in [0.2, 0.25) is 5.91 Å². The molecule has 0 unspecified atom stereocenters. The van der Waals surface area contributed by atoms with Gasteiger partial charge in [0.25, 0.3) is 0 Å². The molecule has 0 radical (unpaired) electrons. The van der Waals surface area contributed by atoms with E-state index in [4.69, 9.17) is 9.84 Å². The standard InChI is InChI=1S/C17H25NO4/c1-18(13-12-17(20)21)16(19)7-5-3-4-6-14-8-10-15(22-2)11-9-14/h8-11H,3-7,12-13H2,1-2H3,(H,20,21). The van der Waals surface area contributed by atoms with Crippen LogP contribution < -0.4 is 4.74 Å². The van der Waals surface area contributed by atoms with Crippen LogP contribution >= 0.6 is 0 Å². The van der Waals surface area contributed by atoms with E-state index in [-0.39, 0.29) is 18.9 Å². The predicted molar refractivity (Wildman–Crippen MR) is 85.1 cm³/mol. The summed E-state index contributed by atoms with van der Waals surface area (Å²) < 4.78 is 5.12. The molecule has 5 heteroatoms. The van der Waals surface area contributed by atoms with Gasteiger partial charge in [-0.25, -0.2) is 0 Å². The highest BCUT2D eigenvalue weighted by Gasteiger charge is 2.09. The summed E-state index contributed by atoms with van der Waals surface area (Å²) in [4.78, 5) is 23.7. The average molecular weight is 307 g/mol. The van der Waals surface area contributed by atoms with Crippen LogP contribution in [0.1, 0.15) is 37.7 Å². The van der Waals surface area contributed by atoms with Crippen molar-refractivity contribution in [2.75, 3.05) is 20.7 Å². The van der Waals surface area contributed by atoms with Gasteiger partial charge in [0.05, 0.1) is 13.5 Å². The highest BCUT2D eigenvalue weighted by atomic mass is 16.5.